The van der Waals surface area contributed by atoms with Crippen molar-refractivity contribution in [2.45, 2.75) is 46.0 Å². The highest BCUT2D eigenvalue weighted by Gasteiger charge is 2.42. The van der Waals surface area contributed by atoms with Crippen LogP contribution in [0.4, 0.5) is 0 Å². The fourth-order valence-corrected chi connectivity index (χ4v) is 5.36. The fraction of sp³-hybridized carbons (Fsp3) is 0.321. The van der Waals surface area contributed by atoms with Crippen LogP contribution in [0.25, 0.3) is 0 Å². The van der Waals surface area contributed by atoms with Crippen LogP contribution in [0.1, 0.15) is 31.9 Å². The molecule has 0 heterocycles. The highest BCUT2D eigenvalue weighted by Crippen LogP contribution is 2.49. The second-order valence-corrected chi connectivity index (χ2v) is 11.1. The van der Waals surface area contributed by atoms with Gasteiger partial charge in [-0.1, -0.05) is 78.9 Å². The van der Waals surface area contributed by atoms with Crippen LogP contribution in [0, 0.1) is 16.7 Å². The third-order valence-electron chi connectivity index (χ3n) is 5.79. The number of benzene rings is 3. The molecule has 0 aliphatic carbocycles. The molecular formula is C28H33N2O3P. The zero-order valence-corrected chi connectivity index (χ0v) is 21.2. The lowest BCUT2D eigenvalue weighted by Crippen LogP contribution is -2.48. The Hall–Kier alpha value is -2.90. The number of hydrogen-bond donors (Lipinski definition) is 0. The van der Waals surface area contributed by atoms with Crippen molar-refractivity contribution < 1.29 is 13.6 Å². The molecule has 0 aromatic heterocycles. The van der Waals surface area contributed by atoms with Gasteiger partial charge in [-0.15, -0.1) is 0 Å². The molecule has 0 aliphatic heterocycles. The van der Waals surface area contributed by atoms with Crippen LogP contribution in [-0.2, 0) is 22.2 Å². The molecule has 0 spiro atoms. The molecule has 3 aromatic carbocycles. The summed E-state index contributed by atoms with van der Waals surface area (Å²) in [5.41, 5.74) is 1.40. The minimum Gasteiger partial charge on any atom is -0.425 e. The Bertz CT molecular complexity index is 1070. The van der Waals surface area contributed by atoms with Gasteiger partial charge < -0.3 is 4.52 Å². The van der Waals surface area contributed by atoms with E-state index < -0.39 is 19.1 Å². The molecule has 6 heteroatoms. The molecule has 0 bridgehead atoms. The maximum absolute atomic E-state index is 13.4. The second-order valence-electron chi connectivity index (χ2n) is 9.15. The molecule has 0 amide bonds. The average Bonchev–Trinajstić information content (AvgIpc) is 2.83. The quantitative estimate of drug-likeness (QED) is 0.281. The second kappa shape index (κ2) is 11.5. The third-order valence-corrected chi connectivity index (χ3v) is 6.94. The van der Waals surface area contributed by atoms with E-state index in [-0.39, 0.29) is 6.04 Å². The van der Waals surface area contributed by atoms with Crippen LogP contribution in [0.2, 0.25) is 0 Å². The van der Waals surface area contributed by atoms with Crippen LogP contribution in [0.15, 0.2) is 91.0 Å². The fourth-order valence-electron chi connectivity index (χ4n) is 3.96. The lowest BCUT2D eigenvalue weighted by molar-refractivity contribution is 0.00952. The molecular weight excluding hydrogens is 443 g/mol. The predicted octanol–water partition coefficient (Wildman–Crippen LogP) is 6.91. The molecule has 0 aliphatic rings. The summed E-state index contributed by atoms with van der Waals surface area (Å²) in [4.78, 5) is 2.26. The van der Waals surface area contributed by atoms with Crippen molar-refractivity contribution in [3.63, 3.8) is 0 Å². The van der Waals surface area contributed by atoms with Crippen molar-refractivity contribution in [2.24, 2.45) is 5.41 Å². The highest BCUT2D eigenvalue weighted by atomic mass is 31.2. The van der Waals surface area contributed by atoms with Gasteiger partial charge in [0, 0.05) is 25.8 Å². The summed E-state index contributed by atoms with van der Waals surface area (Å²) in [6.45, 7) is 8.45. The standard InChI is InChI=1S/C28H33N2O3P/c1-23(30(20-24-14-8-5-9-15-24)21-25-16-10-6-11-17-25)27(28(2,3)22-29)33-34(4,31)32-26-18-12-7-13-19-26/h5-19,23,27H,20-21H2,1-4H3/t23-,27-,34+/m1/s1. The molecule has 34 heavy (non-hydrogen) atoms. The Kier molecular flexibility index (Phi) is 8.69. The van der Waals surface area contributed by atoms with E-state index in [9.17, 15) is 9.83 Å². The third kappa shape index (κ3) is 7.30. The van der Waals surface area contributed by atoms with Gasteiger partial charge in [-0.3, -0.25) is 9.42 Å². The zero-order chi connectivity index (χ0) is 24.6. The van der Waals surface area contributed by atoms with Gasteiger partial charge in [-0.25, -0.2) is 4.57 Å². The first-order valence-electron chi connectivity index (χ1n) is 11.4. The molecule has 5 nitrogen and oxygen atoms in total. The molecule has 0 saturated heterocycles. The number of nitriles is 1. The number of hydrogen-bond acceptors (Lipinski definition) is 5. The number of para-hydroxylation sites is 1. The lowest BCUT2D eigenvalue weighted by atomic mass is 9.84. The Morgan fingerprint density at radius 3 is 1.76 bits per heavy atom. The van der Waals surface area contributed by atoms with E-state index in [0.29, 0.717) is 18.8 Å². The molecule has 3 aromatic rings. The Labute approximate surface area is 203 Å². The normalized spacial score (nSPS) is 15.2. The topological polar surface area (TPSA) is 62.6 Å². The minimum absolute atomic E-state index is 0.234. The van der Waals surface area contributed by atoms with Crippen molar-refractivity contribution in [3.8, 4) is 11.8 Å². The summed E-state index contributed by atoms with van der Waals surface area (Å²) >= 11 is 0. The maximum atomic E-state index is 13.4. The summed E-state index contributed by atoms with van der Waals surface area (Å²) in [7, 11) is -3.52. The van der Waals surface area contributed by atoms with Gasteiger partial charge in [0.1, 0.15) is 11.9 Å². The molecule has 0 radical (unpaired) electrons. The van der Waals surface area contributed by atoms with Gasteiger partial charge in [0.15, 0.2) is 0 Å². The molecule has 3 rings (SSSR count). The van der Waals surface area contributed by atoms with E-state index in [0.717, 1.165) is 11.1 Å². The maximum Gasteiger partial charge on any atom is 0.376 e. The van der Waals surface area contributed by atoms with Crippen molar-refractivity contribution in [3.05, 3.63) is 102 Å². The summed E-state index contributed by atoms with van der Waals surface area (Å²) in [5, 5.41) is 9.98. The van der Waals surface area contributed by atoms with E-state index in [1.807, 2.05) is 75.4 Å². The average molecular weight is 477 g/mol. The van der Waals surface area contributed by atoms with Gasteiger partial charge in [0.2, 0.25) is 0 Å². The van der Waals surface area contributed by atoms with Gasteiger partial charge >= 0.3 is 7.60 Å². The van der Waals surface area contributed by atoms with Crippen molar-refractivity contribution in [1.82, 2.24) is 4.90 Å². The first kappa shape index (κ1) is 25.7. The summed E-state index contributed by atoms with van der Waals surface area (Å²) < 4.78 is 25.4. The van der Waals surface area contributed by atoms with Gasteiger partial charge in [-0.05, 0) is 44.0 Å². The summed E-state index contributed by atoms with van der Waals surface area (Å²) in [6.07, 6.45) is -0.663. The SMILES string of the molecule is C[C@H]([C@@H](O[P@@](C)(=O)Oc1ccccc1)C(C)(C)C#N)N(Cc1ccccc1)Cc1ccccc1. The van der Waals surface area contributed by atoms with E-state index in [1.54, 1.807) is 12.1 Å². The molecule has 178 valence electrons. The van der Waals surface area contributed by atoms with Gasteiger partial charge in [-0.2, -0.15) is 5.26 Å². The number of rotatable bonds is 11. The van der Waals surface area contributed by atoms with Gasteiger partial charge in [0.25, 0.3) is 0 Å². The first-order valence-corrected chi connectivity index (χ1v) is 13.4. The molecule has 0 unspecified atom stereocenters. The number of nitrogens with zero attached hydrogens (tertiary/aromatic N) is 2. The van der Waals surface area contributed by atoms with Crippen molar-refractivity contribution in [1.29, 1.82) is 5.26 Å². The van der Waals surface area contributed by atoms with E-state index in [2.05, 4.69) is 35.2 Å². The minimum atomic E-state index is -3.52. The Balaban J connectivity index is 1.91. The van der Waals surface area contributed by atoms with Crippen LogP contribution in [-0.4, -0.2) is 23.7 Å². The van der Waals surface area contributed by atoms with Crippen LogP contribution in [0.3, 0.4) is 0 Å². The molecule has 0 fully saturated rings. The summed E-state index contributed by atoms with van der Waals surface area (Å²) in [5.74, 6) is 0.472. The van der Waals surface area contributed by atoms with E-state index >= 15 is 0 Å². The van der Waals surface area contributed by atoms with E-state index in [1.165, 1.54) is 6.66 Å². The smallest absolute Gasteiger partial charge is 0.376 e. The summed E-state index contributed by atoms with van der Waals surface area (Å²) in [6, 6.07) is 31.5. The lowest BCUT2D eigenvalue weighted by Gasteiger charge is -2.40. The van der Waals surface area contributed by atoms with Crippen molar-refractivity contribution >= 4 is 7.60 Å². The largest absolute Gasteiger partial charge is 0.425 e. The Morgan fingerprint density at radius 2 is 1.32 bits per heavy atom. The van der Waals surface area contributed by atoms with Gasteiger partial charge in [0.05, 0.1) is 11.5 Å². The molecule has 3 atom stereocenters. The molecule has 0 saturated carbocycles. The highest BCUT2D eigenvalue weighted by molar-refractivity contribution is 7.53. The monoisotopic (exact) mass is 476 g/mol. The van der Waals surface area contributed by atoms with Crippen LogP contribution >= 0.6 is 7.60 Å². The molecule has 0 N–H and O–H groups in total. The van der Waals surface area contributed by atoms with Crippen molar-refractivity contribution in [2.75, 3.05) is 6.66 Å². The first-order chi connectivity index (χ1) is 16.2. The zero-order valence-electron chi connectivity index (χ0n) is 20.3. The van der Waals surface area contributed by atoms with E-state index in [4.69, 9.17) is 9.05 Å². The van der Waals surface area contributed by atoms with Crippen LogP contribution in [0.5, 0.6) is 5.75 Å². The Morgan fingerprint density at radius 1 is 0.882 bits per heavy atom. The predicted molar refractivity (Wildman–Crippen MR) is 136 cm³/mol. The van der Waals surface area contributed by atoms with Crippen LogP contribution < -0.4 is 4.52 Å².